The van der Waals surface area contributed by atoms with Gasteiger partial charge < -0.3 is 10.4 Å². The minimum Gasteiger partial charge on any atom is -0.386 e. The van der Waals surface area contributed by atoms with Gasteiger partial charge in [0.1, 0.15) is 18.0 Å². The molecule has 0 radical (unpaired) electrons. The Kier molecular flexibility index (Phi) is 6.96. The second kappa shape index (κ2) is 8.84. The number of aromatic nitrogens is 3. The number of hydrogen-bond donors (Lipinski definition) is 2. The number of aliphatic hydroxyl groups is 1. The molecule has 2 N–H and O–H groups in total. The molecule has 0 saturated heterocycles. The number of nitrogens with zero attached hydrogens (tertiary/aromatic N) is 4. The maximum Gasteiger partial charge on any atom is 0.408 e. The fourth-order valence-electron chi connectivity index (χ4n) is 2.53. The number of hydrogen-bond acceptors (Lipinski definition) is 6. The van der Waals surface area contributed by atoms with Crippen molar-refractivity contribution in [1.82, 2.24) is 15.0 Å². The van der Waals surface area contributed by atoms with E-state index in [2.05, 4.69) is 25.3 Å². The first kappa shape index (κ1) is 22.1. The first-order valence-corrected chi connectivity index (χ1v) is 8.52. The summed E-state index contributed by atoms with van der Waals surface area (Å²) in [6.07, 6.45) is -8.59. The van der Waals surface area contributed by atoms with Gasteiger partial charge in [-0.3, -0.25) is 0 Å². The molecular formula is C16H19F6N5O. The molecule has 2 atom stereocenters. The first-order chi connectivity index (χ1) is 13.0. The van der Waals surface area contributed by atoms with Crippen molar-refractivity contribution in [2.75, 3.05) is 5.32 Å². The van der Waals surface area contributed by atoms with Gasteiger partial charge in [0.25, 0.3) is 12.4 Å². The van der Waals surface area contributed by atoms with E-state index in [-0.39, 0.29) is 30.7 Å². The van der Waals surface area contributed by atoms with Gasteiger partial charge in [0.2, 0.25) is 5.95 Å². The van der Waals surface area contributed by atoms with Crippen LogP contribution in [0.15, 0.2) is 10.8 Å². The summed E-state index contributed by atoms with van der Waals surface area (Å²) in [7, 11) is 0. The molecule has 28 heavy (non-hydrogen) atoms. The summed E-state index contributed by atoms with van der Waals surface area (Å²) in [5.74, 6) is -2.42. The van der Waals surface area contributed by atoms with Gasteiger partial charge in [-0.2, -0.15) is 28.1 Å². The van der Waals surface area contributed by atoms with Crippen molar-refractivity contribution >= 4 is 23.2 Å². The minimum atomic E-state index is -4.62. The number of allylic oxidation sites excluding steroid dienone is 1. The van der Waals surface area contributed by atoms with Crippen molar-refractivity contribution in [3.63, 3.8) is 0 Å². The molecule has 1 aliphatic carbocycles. The van der Waals surface area contributed by atoms with Crippen LogP contribution in [0.3, 0.4) is 0 Å². The van der Waals surface area contributed by atoms with Gasteiger partial charge in [0.15, 0.2) is 5.82 Å². The van der Waals surface area contributed by atoms with Crippen molar-refractivity contribution in [3.8, 4) is 0 Å². The van der Waals surface area contributed by atoms with Gasteiger partial charge >= 0.3 is 6.18 Å². The quantitative estimate of drug-likeness (QED) is 0.541. The molecule has 2 rings (SSSR count). The molecule has 0 fully saturated rings. The molecule has 1 unspecified atom stereocenters. The topological polar surface area (TPSA) is 83.3 Å². The Labute approximate surface area is 156 Å². The van der Waals surface area contributed by atoms with E-state index in [9.17, 15) is 31.4 Å². The highest BCUT2D eigenvalue weighted by molar-refractivity contribution is 5.86. The zero-order valence-electron chi connectivity index (χ0n) is 15.1. The standard InChI is InChI=1S/C16H19F6N5O/c1-3-10(16(20,21)22)24-15-26-13(8-5-4-6-9(28)11(8)17)25-14(27-15)23-7(2)12(18)19/h9-10,12,28H,3-6H2,1-2H3,(H,24,25,26,27)/b23-7+/t9?,10-/m1/s1. The molecule has 0 bridgehead atoms. The molecular weight excluding hydrogens is 392 g/mol. The van der Waals surface area contributed by atoms with Crippen molar-refractivity contribution in [1.29, 1.82) is 0 Å². The van der Waals surface area contributed by atoms with E-state index in [1.54, 1.807) is 0 Å². The summed E-state index contributed by atoms with van der Waals surface area (Å²) in [5, 5.41) is 11.7. The largest absolute Gasteiger partial charge is 0.408 e. The summed E-state index contributed by atoms with van der Waals surface area (Å²) in [6.45, 7) is 2.28. The zero-order valence-corrected chi connectivity index (χ0v) is 15.1. The molecule has 0 spiro atoms. The van der Waals surface area contributed by atoms with Crippen LogP contribution in [0, 0.1) is 0 Å². The monoisotopic (exact) mass is 411 g/mol. The van der Waals surface area contributed by atoms with E-state index in [1.165, 1.54) is 6.92 Å². The number of rotatable bonds is 6. The highest BCUT2D eigenvalue weighted by Gasteiger charge is 2.39. The van der Waals surface area contributed by atoms with Crippen LogP contribution in [-0.2, 0) is 0 Å². The van der Waals surface area contributed by atoms with Crippen LogP contribution in [-0.4, -0.2) is 50.5 Å². The van der Waals surface area contributed by atoms with Gasteiger partial charge in [-0.1, -0.05) is 6.92 Å². The maximum absolute atomic E-state index is 14.3. The van der Waals surface area contributed by atoms with Gasteiger partial charge in [0.05, 0.1) is 5.71 Å². The molecule has 0 saturated carbocycles. The van der Waals surface area contributed by atoms with Gasteiger partial charge in [0, 0.05) is 5.57 Å². The van der Waals surface area contributed by atoms with E-state index < -0.39 is 48.2 Å². The highest BCUT2D eigenvalue weighted by Crippen LogP contribution is 2.33. The fraction of sp³-hybridized carbons (Fsp3) is 0.625. The van der Waals surface area contributed by atoms with E-state index in [0.29, 0.717) is 6.42 Å². The van der Waals surface area contributed by atoms with Crippen molar-refractivity contribution in [2.45, 2.75) is 64.3 Å². The summed E-state index contributed by atoms with van der Waals surface area (Å²) in [5.41, 5.74) is -0.778. The van der Waals surface area contributed by atoms with Crippen LogP contribution < -0.4 is 5.32 Å². The van der Waals surface area contributed by atoms with Crippen molar-refractivity contribution in [3.05, 3.63) is 11.7 Å². The molecule has 1 heterocycles. The minimum absolute atomic E-state index is 0.115. The third-order valence-corrected chi connectivity index (χ3v) is 4.08. The lowest BCUT2D eigenvalue weighted by Gasteiger charge is -2.21. The number of aliphatic imine (C=N–C) groups is 1. The molecule has 12 heteroatoms. The van der Waals surface area contributed by atoms with Gasteiger partial charge in [-0.05, 0) is 32.6 Å². The molecule has 0 amide bonds. The molecule has 156 valence electrons. The molecule has 1 aromatic rings. The number of nitrogens with one attached hydrogen (secondary N) is 1. The summed E-state index contributed by atoms with van der Waals surface area (Å²) < 4.78 is 78.8. The molecule has 1 aliphatic rings. The van der Waals surface area contributed by atoms with Crippen LogP contribution in [0.1, 0.15) is 45.4 Å². The lowest BCUT2D eigenvalue weighted by molar-refractivity contribution is -0.143. The van der Waals surface area contributed by atoms with E-state index in [1.807, 2.05) is 0 Å². The Balaban J connectivity index is 2.53. The third kappa shape index (κ3) is 5.40. The predicted octanol–water partition coefficient (Wildman–Crippen LogP) is 4.21. The number of anilines is 1. The lowest BCUT2D eigenvalue weighted by atomic mass is 9.96. The Morgan fingerprint density at radius 2 is 1.96 bits per heavy atom. The highest BCUT2D eigenvalue weighted by atomic mass is 19.4. The van der Waals surface area contributed by atoms with Crippen LogP contribution >= 0.6 is 0 Å². The Hall–Kier alpha value is -2.24. The second-order valence-corrected chi connectivity index (χ2v) is 6.22. The van der Waals surface area contributed by atoms with Gasteiger partial charge in [-0.15, -0.1) is 0 Å². The predicted molar refractivity (Wildman–Crippen MR) is 90.2 cm³/mol. The zero-order chi connectivity index (χ0) is 21.1. The van der Waals surface area contributed by atoms with Crippen molar-refractivity contribution < 1.29 is 31.4 Å². The summed E-state index contributed by atoms with van der Waals surface area (Å²) in [6, 6.07) is -2.01. The SMILES string of the molecule is CC[C@@H](Nc1nc(/N=C(\C)C(F)F)nc(C2=C(F)C(O)CCC2)n1)C(F)(F)F. The summed E-state index contributed by atoms with van der Waals surface area (Å²) >= 11 is 0. The first-order valence-electron chi connectivity index (χ1n) is 8.52. The fourth-order valence-corrected chi connectivity index (χ4v) is 2.53. The Bertz CT molecular complexity index is 764. The number of alkyl halides is 5. The van der Waals surface area contributed by atoms with Crippen LogP contribution in [0.25, 0.3) is 5.57 Å². The van der Waals surface area contributed by atoms with Crippen LogP contribution in [0.2, 0.25) is 0 Å². The van der Waals surface area contributed by atoms with Crippen LogP contribution in [0.5, 0.6) is 0 Å². The average Bonchev–Trinajstić information content (AvgIpc) is 2.60. The smallest absolute Gasteiger partial charge is 0.386 e. The van der Waals surface area contributed by atoms with Gasteiger partial charge in [-0.25, -0.2) is 18.2 Å². The summed E-state index contributed by atoms with van der Waals surface area (Å²) in [4.78, 5) is 14.7. The maximum atomic E-state index is 14.3. The van der Waals surface area contributed by atoms with Crippen LogP contribution in [0.4, 0.5) is 38.2 Å². The normalized spacial score (nSPS) is 19.9. The number of halogens is 6. The molecule has 6 nitrogen and oxygen atoms in total. The Morgan fingerprint density at radius 1 is 1.29 bits per heavy atom. The van der Waals surface area contributed by atoms with E-state index in [0.717, 1.165) is 6.92 Å². The Morgan fingerprint density at radius 3 is 2.54 bits per heavy atom. The molecule has 1 aromatic heterocycles. The number of aliphatic hydroxyl groups excluding tert-OH is 1. The second-order valence-electron chi connectivity index (χ2n) is 6.22. The third-order valence-electron chi connectivity index (χ3n) is 4.08. The average molecular weight is 411 g/mol. The van der Waals surface area contributed by atoms with E-state index in [4.69, 9.17) is 0 Å². The molecule has 0 aromatic carbocycles. The lowest BCUT2D eigenvalue weighted by Crippen LogP contribution is -2.36. The molecule has 0 aliphatic heterocycles. The van der Waals surface area contributed by atoms with Crippen molar-refractivity contribution in [2.24, 2.45) is 4.99 Å². The van der Waals surface area contributed by atoms with E-state index >= 15 is 0 Å².